The molecule has 0 unspecified atom stereocenters. The molecule has 1 aromatic heterocycles. The lowest BCUT2D eigenvalue weighted by molar-refractivity contribution is -0.137. The molecule has 0 aliphatic rings. The number of benzene rings is 1. The number of nitrogens with zero attached hydrogens (tertiary/aromatic N) is 2. The van der Waals surface area contributed by atoms with Crippen LogP contribution in [0.25, 0.3) is 11.3 Å². The third-order valence-electron chi connectivity index (χ3n) is 2.44. The molecule has 0 bridgehead atoms. The van der Waals surface area contributed by atoms with E-state index in [0.29, 0.717) is 6.07 Å². The van der Waals surface area contributed by atoms with Crippen LogP contribution in [0.3, 0.4) is 0 Å². The first kappa shape index (κ1) is 13.5. The predicted molar refractivity (Wildman–Crippen MR) is 62.3 cm³/mol. The molecule has 2 rings (SSSR count). The van der Waals surface area contributed by atoms with Crippen molar-refractivity contribution in [2.24, 2.45) is 0 Å². The van der Waals surface area contributed by atoms with E-state index in [1.807, 2.05) is 0 Å². The van der Waals surface area contributed by atoms with Crippen LogP contribution in [0.4, 0.5) is 13.2 Å². The van der Waals surface area contributed by atoms with Crippen molar-refractivity contribution < 1.29 is 23.2 Å². The van der Waals surface area contributed by atoms with Crippen molar-refractivity contribution in [1.29, 1.82) is 0 Å². The third kappa shape index (κ3) is 3.10. The first-order valence-corrected chi connectivity index (χ1v) is 5.22. The molecule has 98 valence electrons. The molecule has 0 spiro atoms. The van der Waals surface area contributed by atoms with Crippen LogP contribution in [0.1, 0.15) is 5.56 Å². The smallest absolute Gasteiger partial charge is 0.423 e. The van der Waals surface area contributed by atoms with Crippen LogP contribution < -0.4 is 5.46 Å². The van der Waals surface area contributed by atoms with Crippen molar-refractivity contribution >= 4 is 12.6 Å². The van der Waals surface area contributed by atoms with Gasteiger partial charge in [-0.2, -0.15) is 13.2 Å². The summed E-state index contributed by atoms with van der Waals surface area (Å²) in [5.74, 6) is 0. The van der Waals surface area contributed by atoms with Gasteiger partial charge in [-0.1, -0.05) is 12.1 Å². The average molecular weight is 268 g/mol. The summed E-state index contributed by atoms with van der Waals surface area (Å²) in [6.07, 6.45) is -0.561. The van der Waals surface area contributed by atoms with Gasteiger partial charge in [0.2, 0.25) is 0 Å². The van der Waals surface area contributed by atoms with Crippen molar-refractivity contribution in [3.05, 3.63) is 42.4 Å². The largest absolute Gasteiger partial charge is 0.488 e. The van der Waals surface area contributed by atoms with Crippen molar-refractivity contribution in [2.45, 2.75) is 6.18 Å². The second-order valence-electron chi connectivity index (χ2n) is 3.81. The Bertz CT molecular complexity index is 576. The topological polar surface area (TPSA) is 66.2 Å². The quantitative estimate of drug-likeness (QED) is 0.792. The molecule has 1 aromatic carbocycles. The Hall–Kier alpha value is -1.93. The van der Waals surface area contributed by atoms with Crippen LogP contribution in [0, 0.1) is 0 Å². The molecule has 0 radical (unpaired) electrons. The van der Waals surface area contributed by atoms with E-state index in [-0.39, 0.29) is 16.7 Å². The first-order chi connectivity index (χ1) is 8.88. The molecule has 0 aliphatic carbocycles. The van der Waals surface area contributed by atoms with Gasteiger partial charge in [0.25, 0.3) is 0 Å². The molecule has 2 aromatic rings. The summed E-state index contributed by atoms with van der Waals surface area (Å²) >= 11 is 0. The van der Waals surface area contributed by atoms with E-state index < -0.39 is 18.9 Å². The Balaban J connectivity index is 2.59. The van der Waals surface area contributed by atoms with E-state index in [2.05, 4.69) is 9.97 Å². The molecule has 0 fully saturated rings. The Morgan fingerprint density at radius 2 is 1.79 bits per heavy atom. The summed E-state index contributed by atoms with van der Waals surface area (Å²) in [4.78, 5) is 7.64. The Morgan fingerprint density at radius 1 is 1.05 bits per heavy atom. The van der Waals surface area contributed by atoms with Crippen molar-refractivity contribution in [1.82, 2.24) is 9.97 Å². The molecule has 2 N–H and O–H groups in total. The monoisotopic (exact) mass is 268 g/mol. The van der Waals surface area contributed by atoms with Crippen molar-refractivity contribution in [2.75, 3.05) is 0 Å². The average Bonchev–Trinajstić information content (AvgIpc) is 2.38. The van der Waals surface area contributed by atoms with E-state index in [1.165, 1.54) is 24.7 Å². The fraction of sp³-hybridized carbons (Fsp3) is 0.0909. The molecule has 0 atom stereocenters. The molecule has 1 heterocycles. The molecule has 0 amide bonds. The Kier molecular flexibility index (Phi) is 3.54. The van der Waals surface area contributed by atoms with E-state index in [0.717, 1.165) is 6.07 Å². The second kappa shape index (κ2) is 4.98. The lowest BCUT2D eigenvalue weighted by Gasteiger charge is -2.11. The van der Waals surface area contributed by atoms with Gasteiger partial charge in [-0.15, -0.1) is 0 Å². The van der Waals surface area contributed by atoms with Gasteiger partial charge in [-0.3, -0.25) is 9.97 Å². The van der Waals surface area contributed by atoms with Gasteiger partial charge in [-0.25, -0.2) is 0 Å². The van der Waals surface area contributed by atoms with Gasteiger partial charge in [0.05, 0.1) is 17.5 Å². The zero-order chi connectivity index (χ0) is 14.0. The molecule has 0 aliphatic heterocycles. The zero-order valence-corrected chi connectivity index (χ0v) is 9.46. The number of halogens is 3. The summed E-state index contributed by atoms with van der Waals surface area (Å²) in [5.41, 5.74) is -0.893. The standard InChI is InChI=1S/C11H8BF3N2O2/c13-11(14,15)8-3-7(4-9(5-8)12(18)19)10-6-16-1-2-17-10/h1-6,18-19H. The second-order valence-corrected chi connectivity index (χ2v) is 3.81. The van der Waals surface area contributed by atoms with E-state index in [1.54, 1.807) is 0 Å². The van der Waals surface area contributed by atoms with E-state index in [4.69, 9.17) is 10.0 Å². The maximum Gasteiger partial charge on any atom is 0.488 e. The van der Waals surface area contributed by atoms with E-state index >= 15 is 0 Å². The molecular weight excluding hydrogens is 260 g/mol. The zero-order valence-electron chi connectivity index (χ0n) is 9.46. The third-order valence-corrected chi connectivity index (χ3v) is 2.44. The lowest BCUT2D eigenvalue weighted by atomic mass is 9.78. The maximum absolute atomic E-state index is 12.7. The Labute approximate surface area is 106 Å². The highest BCUT2D eigenvalue weighted by Gasteiger charge is 2.32. The molecule has 19 heavy (non-hydrogen) atoms. The van der Waals surface area contributed by atoms with Gasteiger partial charge in [0.15, 0.2) is 0 Å². The highest BCUT2D eigenvalue weighted by Crippen LogP contribution is 2.31. The SMILES string of the molecule is OB(O)c1cc(-c2cnccn2)cc(C(F)(F)F)c1. The fourth-order valence-electron chi connectivity index (χ4n) is 1.56. The number of rotatable bonds is 2. The summed E-state index contributed by atoms with van der Waals surface area (Å²) in [5, 5.41) is 18.1. The van der Waals surface area contributed by atoms with Crippen LogP contribution in [-0.2, 0) is 6.18 Å². The minimum atomic E-state index is -4.58. The summed E-state index contributed by atoms with van der Waals surface area (Å²) in [7, 11) is -1.99. The van der Waals surface area contributed by atoms with Gasteiger partial charge < -0.3 is 10.0 Å². The van der Waals surface area contributed by atoms with Gasteiger partial charge in [0, 0.05) is 18.0 Å². The maximum atomic E-state index is 12.7. The number of aromatic nitrogens is 2. The Morgan fingerprint density at radius 3 is 2.32 bits per heavy atom. The van der Waals surface area contributed by atoms with Gasteiger partial charge in [0.1, 0.15) is 0 Å². The number of hydrogen-bond acceptors (Lipinski definition) is 4. The normalized spacial score (nSPS) is 11.4. The summed E-state index contributed by atoms with van der Waals surface area (Å²) in [6, 6.07) is 2.80. The minimum Gasteiger partial charge on any atom is -0.423 e. The minimum absolute atomic E-state index is 0.117. The molecule has 0 saturated heterocycles. The molecule has 4 nitrogen and oxygen atoms in total. The molecule has 0 saturated carbocycles. The highest BCUT2D eigenvalue weighted by molar-refractivity contribution is 6.58. The number of hydrogen-bond donors (Lipinski definition) is 2. The predicted octanol–water partition coefficient (Wildman–Crippen LogP) is 0.842. The lowest BCUT2D eigenvalue weighted by Crippen LogP contribution is -2.31. The molecule has 8 heteroatoms. The summed E-state index contributed by atoms with van der Waals surface area (Å²) < 4.78 is 38.2. The highest BCUT2D eigenvalue weighted by atomic mass is 19.4. The fourth-order valence-corrected chi connectivity index (χ4v) is 1.56. The molecular formula is C11H8BF3N2O2. The van der Waals surface area contributed by atoms with Crippen molar-refractivity contribution in [3.8, 4) is 11.3 Å². The van der Waals surface area contributed by atoms with Crippen molar-refractivity contribution in [3.63, 3.8) is 0 Å². The van der Waals surface area contributed by atoms with Gasteiger partial charge in [-0.05, 0) is 11.5 Å². The van der Waals surface area contributed by atoms with E-state index in [9.17, 15) is 13.2 Å². The first-order valence-electron chi connectivity index (χ1n) is 5.22. The van der Waals surface area contributed by atoms with Crippen LogP contribution >= 0.6 is 0 Å². The van der Waals surface area contributed by atoms with Crippen LogP contribution in [0.15, 0.2) is 36.8 Å². The summed E-state index contributed by atoms with van der Waals surface area (Å²) in [6.45, 7) is 0. The number of alkyl halides is 3. The van der Waals surface area contributed by atoms with Crippen LogP contribution in [0.5, 0.6) is 0 Å². The van der Waals surface area contributed by atoms with Gasteiger partial charge >= 0.3 is 13.3 Å². The van der Waals surface area contributed by atoms with Crippen LogP contribution in [-0.4, -0.2) is 27.1 Å². The van der Waals surface area contributed by atoms with Crippen LogP contribution in [0.2, 0.25) is 0 Å².